The van der Waals surface area contributed by atoms with E-state index in [0.717, 1.165) is 12.5 Å². The van der Waals surface area contributed by atoms with Gasteiger partial charge in [-0.3, -0.25) is 0 Å². The molecule has 1 nitrogen and oxygen atoms in total. The summed E-state index contributed by atoms with van der Waals surface area (Å²) in [5.41, 5.74) is 0.251. The third-order valence-corrected chi connectivity index (χ3v) is 3.32. The Morgan fingerprint density at radius 2 is 1.80 bits per heavy atom. The minimum atomic E-state index is 0.251. The molecule has 90 valence electrons. The van der Waals surface area contributed by atoms with Gasteiger partial charge < -0.3 is 5.32 Å². The summed E-state index contributed by atoms with van der Waals surface area (Å²) >= 11 is 0. The molecule has 0 aliphatic carbocycles. The van der Waals surface area contributed by atoms with E-state index >= 15 is 0 Å². The minimum absolute atomic E-state index is 0.251. The molecule has 15 heavy (non-hydrogen) atoms. The molecule has 0 aliphatic rings. The van der Waals surface area contributed by atoms with Gasteiger partial charge in [-0.1, -0.05) is 53.5 Å². The SMILES string of the molecule is C=CC(C)(CNC(C)C)CC(CC)CC. The highest BCUT2D eigenvalue weighted by molar-refractivity contribution is 4.94. The van der Waals surface area contributed by atoms with Gasteiger partial charge in [-0.05, 0) is 17.8 Å². The molecule has 1 unspecified atom stereocenters. The Labute approximate surface area is 96.3 Å². The molecule has 0 aliphatic heterocycles. The van der Waals surface area contributed by atoms with Crippen LogP contribution in [-0.2, 0) is 0 Å². The smallest absolute Gasteiger partial charge is 0.00422 e. The second kappa shape index (κ2) is 7.05. The van der Waals surface area contributed by atoms with Gasteiger partial charge in [0.05, 0.1) is 0 Å². The molecule has 1 N–H and O–H groups in total. The van der Waals surface area contributed by atoms with Crippen LogP contribution in [0.2, 0.25) is 0 Å². The molecular weight excluding hydrogens is 182 g/mol. The zero-order valence-electron chi connectivity index (χ0n) is 11.3. The first-order valence-electron chi connectivity index (χ1n) is 6.34. The lowest BCUT2D eigenvalue weighted by Crippen LogP contribution is -2.35. The molecule has 0 bridgehead atoms. The Morgan fingerprint density at radius 1 is 1.27 bits per heavy atom. The van der Waals surface area contributed by atoms with Gasteiger partial charge in [-0.25, -0.2) is 0 Å². The molecule has 1 atom stereocenters. The van der Waals surface area contributed by atoms with Gasteiger partial charge in [0.2, 0.25) is 0 Å². The molecule has 0 saturated heterocycles. The maximum Gasteiger partial charge on any atom is 0.00422 e. The summed E-state index contributed by atoms with van der Waals surface area (Å²) in [6.07, 6.45) is 5.94. The van der Waals surface area contributed by atoms with Crippen LogP contribution in [0, 0.1) is 11.3 Å². The number of nitrogens with one attached hydrogen (secondary N) is 1. The molecule has 0 fully saturated rings. The van der Waals surface area contributed by atoms with Crippen molar-refractivity contribution in [3.8, 4) is 0 Å². The van der Waals surface area contributed by atoms with Gasteiger partial charge in [0, 0.05) is 12.6 Å². The van der Waals surface area contributed by atoms with Crippen LogP contribution < -0.4 is 5.32 Å². The van der Waals surface area contributed by atoms with Crippen LogP contribution in [0.3, 0.4) is 0 Å². The van der Waals surface area contributed by atoms with Gasteiger partial charge in [-0.15, -0.1) is 6.58 Å². The third-order valence-electron chi connectivity index (χ3n) is 3.32. The third kappa shape index (κ3) is 5.99. The molecule has 0 spiro atoms. The summed E-state index contributed by atoms with van der Waals surface area (Å²) in [7, 11) is 0. The molecular formula is C14H29N. The summed E-state index contributed by atoms with van der Waals surface area (Å²) in [4.78, 5) is 0. The Hall–Kier alpha value is -0.300. The standard InChI is InChI=1S/C14H29N/c1-7-13(8-2)10-14(6,9-3)11-15-12(4)5/h9,12-13,15H,3,7-8,10-11H2,1-2,4-6H3. The van der Waals surface area contributed by atoms with Gasteiger partial charge in [-0.2, -0.15) is 0 Å². The molecule has 0 aromatic heterocycles. The minimum Gasteiger partial charge on any atom is -0.314 e. The maximum atomic E-state index is 3.99. The van der Waals surface area contributed by atoms with Crippen molar-refractivity contribution in [2.24, 2.45) is 11.3 Å². The topological polar surface area (TPSA) is 12.0 Å². The Bertz CT molecular complexity index is 170. The quantitative estimate of drug-likeness (QED) is 0.598. The highest BCUT2D eigenvalue weighted by Gasteiger charge is 2.23. The lowest BCUT2D eigenvalue weighted by Gasteiger charge is -2.31. The molecule has 0 rings (SSSR count). The summed E-state index contributed by atoms with van der Waals surface area (Å²) in [5.74, 6) is 0.835. The van der Waals surface area contributed by atoms with Gasteiger partial charge in [0.15, 0.2) is 0 Å². The van der Waals surface area contributed by atoms with Crippen LogP contribution in [0.25, 0.3) is 0 Å². The van der Waals surface area contributed by atoms with Crippen molar-refractivity contribution in [3.63, 3.8) is 0 Å². The van der Waals surface area contributed by atoms with Crippen molar-refractivity contribution < 1.29 is 0 Å². The Kier molecular flexibility index (Phi) is 6.91. The highest BCUT2D eigenvalue weighted by Crippen LogP contribution is 2.30. The normalized spacial score (nSPS) is 15.7. The summed E-state index contributed by atoms with van der Waals surface area (Å²) in [6, 6.07) is 0.561. The zero-order chi connectivity index (χ0) is 11.9. The number of hydrogen-bond donors (Lipinski definition) is 1. The van der Waals surface area contributed by atoms with Crippen LogP contribution >= 0.6 is 0 Å². The Balaban J connectivity index is 4.22. The van der Waals surface area contributed by atoms with Gasteiger partial charge >= 0.3 is 0 Å². The van der Waals surface area contributed by atoms with E-state index in [1.807, 2.05) is 0 Å². The Morgan fingerprint density at radius 3 is 2.13 bits per heavy atom. The molecule has 0 saturated carbocycles. The van der Waals surface area contributed by atoms with Crippen molar-refractivity contribution in [3.05, 3.63) is 12.7 Å². The van der Waals surface area contributed by atoms with E-state index in [4.69, 9.17) is 0 Å². The fourth-order valence-corrected chi connectivity index (χ4v) is 1.90. The number of hydrogen-bond acceptors (Lipinski definition) is 1. The zero-order valence-corrected chi connectivity index (χ0v) is 11.3. The van der Waals surface area contributed by atoms with Crippen molar-refractivity contribution in [2.75, 3.05) is 6.54 Å². The molecule has 0 radical (unpaired) electrons. The number of rotatable bonds is 8. The van der Waals surface area contributed by atoms with Crippen molar-refractivity contribution >= 4 is 0 Å². The van der Waals surface area contributed by atoms with Crippen LogP contribution in [-0.4, -0.2) is 12.6 Å². The molecule has 0 aromatic rings. The molecule has 0 amide bonds. The largest absolute Gasteiger partial charge is 0.314 e. The van der Waals surface area contributed by atoms with Crippen LogP contribution in [0.5, 0.6) is 0 Å². The van der Waals surface area contributed by atoms with E-state index < -0.39 is 0 Å². The van der Waals surface area contributed by atoms with Crippen LogP contribution in [0.15, 0.2) is 12.7 Å². The average Bonchev–Trinajstić information content (AvgIpc) is 2.23. The van der Waals surface area contributed by atoms with E-state index in [1.165, 1.54) is 19.3 Å². The van der Waals surface area contributed by atoms with E-state index in [1.54, 1.807) is 0 Å². The second-order valence-electron chi connectivity index (χ2n) is 5.28. The van der Waals surface area contributed by atoms with Crippen LogP contribution in [0.4, 0.5) is 0 Å². The fraction of sp³-hybridized carbons (Fsp3) is 0.857. The van der Waals surface area contributed by atoms with Gasteiger partial charge in [0.25, 0.3) is 0 Å². The fourth-order valence-electron chi connectivity index (χ4n) is 1.90. The van der Waals surface area contributed by atoms with Crippen molar-refractivity contribution in [1.82, 2.24) is 5.32 Å². The van der Waals surface area contributed by atoms with Gasteiger partial charge in [0.1, 0.15) is 0 Å². The lowest BCUT2D eigenvalue weighted by molar-refractivity contribution is 0.276. The first-order valence-corrected chi connectivity index (χ1v) is 6.34. The van der Waals surface area contributed by atoms with Crippen molar-refractivity contribution in [1.29, 1.82) is 0 Å². The summed E-state index contributed by atoms with van der Waals surface area (Å²) in [5, 5.41) is 3.52. The molecule has 1 heteroatoms. The van der Waals surface area contributed by atoms with E-state index in [-0.39, 0.29) is 5.41 Å². The maximum absolute atomic E-state index is 3.99. The lowest BCUT2D eigenvalue weighted by atomic mass is 9.79. The average molecular weight is 211 g/mol. The second-order valence-corrected chi connectivity index (χ2v) is 5.28. The predicted molar refractivity (Wildman–Crippen MR) is 70.1 cm³/mol. The molecule has 0 aromatic carbocycles. The summed E-state index contributed by atoms with van der Waals surface area (Å²) < 4.78 is 0. The van der Waals surface area contributed by atoms with Crippen molar-refractivity contribution in [2.45, 2.75) is 59.9 Å². The first kappa shape index (κ1) is 14.7. The van der Waals surface area contributed by atoms with E-state index in [0.29, 0.717) is 6.04 Å². The monoisotopic (exact) mass is 211 g/mol. The first-order chi connectivity index (χ1) is 6.97. The van der Waals surface area contributed by atoms with Crippen LogP contribution in [0.1, 0.15) is 53.9 Å². The van der Waals surface area contributed by atoms with E-state index in [2.05, 4.69) is 52.6 Å². The highest BCUT2D eigenvalue weighted by atomic mass is 14.9. The summed E-state index contributed by atoms with van der Waals surface area (Å²) in [6.45, 7) is 16.3. The predicted octanol–water partition coefficient (Wildman–Crippen LogP) is 4.00. The van der Waals surface area contributed by atoms with E-state index in [9.17, 15) is 0 Å². The molecule has 0 heterocycles.